The van der Waals surface area contributed by atoms with Gasteiger partial charge in [-0.3, -0.25) is 4.79 Å². The number of ether oxygens (including phenoxy) is 1. The number of aryl methyl sites for hydroxylation is 1. The van der Waals surface area contributed by atoms with Gasteiger partial charge in [0.05, 0.1) is 13.2 Å². The minimum Gasteiger partial charge on any atom is -0.497 e. The molecule has 0 unspecified atom stereocenters. The summed E-state index contributed by atoms with van der Waals surface area (Å²) in [6.07, 6.45) is 2.87. The maximum Gasteiger partial charge on any atom is 0.251 e. The lowest BCUT2D eigenvalue weighted by Gasteiger charge is -2.20. The fraction of sp³-hybridized carbons (Fsp3) is 0.208. The Morgan fingerprint density at radius 1 is 0.889 bits per heavy atom. The summed E-state index contributed by atoms with van der Waals surface area (Å²) in [5.74, 6) is 0.771. The van der Waals surface area contributed by atoms with Crippen molar-refractivity contribution in [2.24, 2.45) is 0 Å². The van der Waals surface area contributed by atoms with Gasteiger partial charge in [0, 0.05) is 5.56 Å². The molecule has 0 bridgehead atoms. The summed E-state index contributed by atoms with van der Waals surface area (Å²) in [6.45, 7) is 0. The molecule has 0 radical (unpaired) electrons. The first kappa shape index (κ1) is 18.7. The van der Waals surface area contributed by atoms with E-state index in [9.17, 15) is 4.79 Å². The average molecular weight is 359 g/mol. The number of hydrogen-bond acceptors (Lipinski definition) is 2. The summed E-state index contributed by atoms with van der Waals surface area (Å²) in [5.41, 5.74) is 3.09. The van der Waals surface area contributed by atoms with Crippen LogP contribution in [0.3, 0.4) is 0 Å². The lowest BCUT2D eigenvalue weighted by Crippen LogP contribution is -2.28. The van der Waals surface area contributed by atoms with Gasteiger partial charge in [-0.15, -0.1) is 0 Å². The van der Waals surface area contributed by atoms with Gasteiger partial charge in [-0.2, -0.15) is 0 Å². The van der Waals surface area contributed by atoms with Crippen LogP contribution in [0, 0.1) is 0 Å². The molecular weight excluding hydrogens is 334 g/mol. The predicted octanol–water partition coefficient (Wildman–Crippen LogP) is 5.19. The van der Waals surface area contributed by atoms with Gasteiger partial charge in [0.1, 0.15) is 5.75 Å². The summed E-state index contributed by atoms with van der Waals surface area (Å²) >= 11 is 0. The molecule has 3 heteroatoms. The topological polar surface area (TPSA) is 38.3 Å². The van der Waals surface area contributed by atoms with E-state index in [0.717, 1.165) is 30.6 Å². The molecule has 138 valence electrons. The average Bonchev–Trinajstić information content (AvgIpc) is 2.74. The lowest BCUT2D eigenvalue weighted by atomic mass is 9.98. The van der Waals surface area contributed by atoms with Crippen molar-refractivity contribution in [2.75, 3.05) is 7.11 Å². The Morgan fingerprint density at radius 2 is 1.52 bits per heavy atom. The zero-order valence-corrected chi connectivity index (χ0v) is 15.6. The fourth-order valence-corrected chi connectivity index (χ4v) is 3.14. The van der Waals surface area contributed by atoms with Gasteiger partial charge in [-0.25, -0.2) is 0 Å². The standard InChI is InChI=1S/C24H25NO2/c1-27-22-17-15-20(16-18-22)23(14-8-11-19-9-4-2-5-10-19)25-24(26)21-12-6-3-7-13-21/h2-7,9-10,12-13,15-18,23H,8,11,14H2,1H3,(H,25,26)/t23-/m0/s1. The van der Waals surface area contributed by atoms with Crippen molar-refractivity contribution in [2.45, 2.75) is 25.3 Å². The van der Waals surface area contributed by atoms with Crippen molar-refractivity contribution in [3.63, 3.8) is 0 Å². The number of hydrogen-bond donors (Lipinski definition) is 1. The molecule has 3 nitrogen and oxygen atoms in total. The second-order valence-electron chi connectivity index (χ2n) is 6.54. The van der Waals surface area contributed by atoms with Gasteiger partial charge < -0.3 is 10.1 Å². The zero-order valence-electron chi connectivity index (χ0n) is 15.6. The molecule has 0 spiro atoms. The Hall–Kier alpha value is -3.07. The minimum atomic E-state index is -0.0453. The highest BCUT2D eigenvalue weighted by atomic mass is 16.5. The van der Waals surface area contributed by atoms with Crippen molar-refractivity contribution < 1.29 is 9.53 Å². The molecule has 27 heavy (non-hydrogen) atoms. The van der Waals surface area contributed by atoms with Crippen LogP contribution >= 0.6 is 0 Å². The highest BCUT2D eigenvalue weighted by molar-refractivity contribution is 5.94. The number of benzene rings is 3. The number of carbonyl (C=O) groups excluding carboxylic acids is 1. The van der Waals surface area contributed by atoms with Crippen LogP contribution in [0.5, 0.6) is 5.75 Å². The molecule has 0 aromatic heterocycles. The van der Waals surface area contributed by atoms with E-state index in [1.54, 1.807) is 7.11 Å². The monoisotopic (exact) mass is 359 g/mol. The van der Waals surface area contributed by atoms with Gasteiger partial charge in [-0.05, 0) is 54.7 Å². The van der Waals surface area contributed by atoms with Crippen LogP contribution in [0.4, 0.5) is 0 Å². The third-order valence-corrected chi connectivity index (χ3v) is 4.66. The number of methoxy groups -OCH3 is 1. The van der Waals surface area contributed by atoms with E-state index >= 15 is 0 Å². The van der Waals surface area contributed by atoms with E-state index in [1.165, 1.54) is 5.56 Å². The fourth-order valence-electron chi connectivity index (χ4n) is 3.14. The minimum absolute atomic E-state index is 0.0349. The maximum absolute atomic E-state index is 12.6. The Labute approximate surface area is 161 Å². The van der Waals surface area contributed by atoms with Crippen molar-refractivity contribution in [1.29, 1.82) is 0 Å². The first-order valence-corrected chi connectivity index (χ1v) is 9.30. The molecule has 3 rings (SSSR count). The van der Waals surface area contributed by atoms with Crippen LogP contribution in [-0.2, 0) is 6.42 Å². The van der Waals surface area contributed by atoms with E-state index < -0.39 is 0 Å². The lowest BCUT2D eigenvalue weighted by molar-refractivity contribution is 0.0934. The molecule has 0 fully saturated rings. The van der Waals surface area contributed by atoms with Crippen molar-refractivity contribution in [3.8, 4) is 5.75 Å². The van der Waals surface area contributed by atoms with Gasteiger partial charge in [-0.1, -0.05) is 60.7 Å². The van der Waals surface area contributed by atoms with E-state index in [0.29, 0.717) is 5.56 Å². The van der Waals surface area contributed by atoms with Crippen LogP contribution in [-0.4, -0.2) is 13.0 Å². The molecule has 0 heterocycles. The largest absolute Gasteiger partial charge is 0.497 e. The van der Waals surface area contributed by atoms with Crippen LogP contribution in [0.1, 0.15) is 40.4 Å². The van der Waals surface area contributed by atoms with Gasteiger partial charge in [0.25, 0.3) is 5.91 Å². The molecule has 1 N–H and O–H groups in total. The quantitative estimate of drug-likeness (QED) is 0.601. The zero-order chi connectivity index (χ0) is 18.9. The number of nitrogens with one attached hydrogen (secondary N) is 1. The van der Waals surface area contributed by atoms with Crippen molar-refractivity contribution in [1.82, 2.24) is 5.32 Å². The Bertz CT molecular complexity index is 829. The van der Waals surface area contributed by atoms with Crippen LogP contribution in [0.15, 0.2) is 84.9 Å². The molecule has 0 aliphatic rings. The van der Waals surface area contributed by atoms with Crippen molar-refractivity contribution >= 4 is 5.91 Å². The first-order valence-electron chi connectivity index (χ1n) is 9.30. The van der Waals surface area contributed by atoms with Crippen molar-refractivity contribution in [3.05, 3.63) is 102 Å². The van der Waals surface area contributed by atoms with Crippen LogP contribution < -0.4 is 10.1 Å². The Balaban J connectivity index is 1.70. The molecule has 0 aliphatic heterocycles. The van der Waals surface area contributed by atoms with E-state index in [-0.39, 0.29) is 11.9 Å². The van der Waals surface area contributed by atoms with Crippen LogP contribution in [0.2, 0.25) is 0 Å². The third kappa shape index (κ3) is 5.45. The first-order chi connectivity index (χ1) is 13.3. The Morgan fingerprint density at radius 3 is 2.15 bits per heavy atom. The third-order valence-electron chi connectivity index (χ3n) is 4.66. The van der Waals surface area contributed by atoms with E-state index in [4.69, 9.17) is 4.74 Å². The van der Waals surface area contributed by atoms with E-state index in [1.807, 2.05) is 60.7 Å². The molecular formula is C24H25NO2. The maximum atomic E-state index is 12.6. The normalized spacial score (nSPS) is 11.6. The second kappa shape index (κ2) is 9.58. The summed E-state index contributed by atoms with van der Waals surface area (Å²) in [7, 11) is 1.66. The summed E-state index contributed by atoms with van der Waals surface area (Å²) in [4.78, 5) is 12.6. The SMILES string of the molecule is COc1ccc([C@H](CCCc2ccccc2)NC(=O)c2ccccc2)cc1. The second-order valence-corrected chi connectivity index (χ2v) is 6.54. The summed E-state index contributed by atoms with van der Waals surface area (Å²) in [5, 5.41) is 3.19. The molecule has 0 saturated heterocycles. The van der Waals surface area contributed by atoms with Gasteiger partial charge >= 0.3 is 0 Å². The highest BCUT2D eigenvalue weighted by Gasteiger charge is 2.16. The Kier molecular flexibility index (Phi) is 6.64. The predicted molar refractivity (Wildman–Crippen MR) is 109 cm³/mol. The molecule has 1 atom stereocenters. The summed E-state index contributed by atoms with van der Waals surface area (Å²) in [6, 6.07) is 27.7. The number of rotatable bonds is 8. The molecule has 1 amide bonds. The smallest absolute Gasteiger partial charge is 0.251 e. The molecule has 3 aromatic rings. The van der Waals surface area contributed by atoms with Gasteiger partial charge in [0.15, 0.2) is 0 Å². The molecule has 3 aromatic carbocycles. The highest BCUT2D eigenvalue weighted by Crippen LogP contribution is 2.23. The van der Waals surface area contributed by atoms with Crippen LogP contribution in [0.25, 0.3) is 0 Å². The van der Waals surface area contributed by atoms with E-state index in [2.05, 4.69) is 29.6 Å². The number of amides is 1. The van der Waals surface area contributed by atoms with Gasteiger partial charge in [0.2, 0.25) is 0 Å². The molecule has 0 saturated carbocycles. The molecule has 0 aliphatic carbocycles. The summed E-state index contributed by atoms with van der Waals surface area (Å²) < 4.78 is 5.25. The number of carbonyl (C=O) groups is 1.